The summed E-state index contributed by atoms with van der Waals surface area (Å²) in [5, 5.41) is 18.4. The van der Waals surface area contributed by atoms with Crippen LogP contribution in [0.15, 0.2) is 18.5 Å². The molecule has 0 radical (unpaired) electrons. The van der Waals surface area contributed by atoms with E-state index < -0.39 is 0 Å². The van der Waals surface area contributed by atoms with Crippen LogP contribution in [0, 0.1) is 0 Å². The predicted molar refractivity (Wildman–Crippen MR) is 75.5 cm³/mol. The summed E-state index contributed by atoms with van der Waals surface area (Å²) in [6, 6.07) is 2.20. The standard InChI is InChI=1S/C13H19N7O/c1-19-7-4-10(17-19)8-15-13(21)12-9-20(18-16-12)11-2-5-14-6-3-11/h4,7,9,11,14H,2-3,5-6,8H2,1H3,(H,15,21). The van der Waals surface area contributed by atoms with Crippen LogP contribution in [0.5, 0.6) is 0 Å². The van der Waals surface area contributed by atoms with Crippen molar-refractivity contribution >= 4 is 5.91 Å². The van der Waals surface area contributed by atoms with Crippen LogP contribution < -0.4 is 10.6 Å². The third-order valence-corrected chi connectivity index (χ3v) is 3.62. The van der Waals surface area contributed by atoms with Gasteiger partial charge in [0.05, 0.1) is 24.5 Å². The second-order valence-corrected chi connectivity index (χ2v) is 5.23. The van der Waals surface area contributed by atoms with E-state index in [1.165, 1.54) is 0 Å². The molecule has 0 saturated carbocycles. The van der Waals surface area contributed by atoms with Gasteiger partial charge in [-0.25, -0.2) is 4.68 Å². The van der Waals surface area contributed by atoms with E-state index in [1.807, 2.05) is 19.3 Å². The fraction of sp³-hybridized carbons (Fsp3) is 0.538. The van der Waals surface area contributed by atoms with Gasteiger partial charge in [0, 0.05) is 13.2 Å². The number of aromatic nitrogens is 5. The first-order chi connectivity index (χ1) is 10.2. The normalized spacial score (nSPS) is 16.0. The Balaban J connectivity index is 1.58. The molecule has 8 heteroatoms. The van der Waals surface area contributed by atoms with Crippen molar-refractivity contribution in [2.45, 2.75) is 25.4 Å². The highest BCUT2D eigenvalue weighted by Gasteiger charge is 2.18. The van der Waals surface area contributed by atoms with Crippen LogP contribution in [-0.2, 0) is 13.6 Å². The van der Waals surface area contributed by atoms with Crippen molar-refractivity contribution < 1.29 is 4.79 Å². The first-order valence-corrected chi connectivity index (χ1v) is 7.11. The van der Waals surface area contributed by atoms with E-state index in [2.05, 4.69) is 26.0 Å². The van der Waals surface area contributed by atoms with E-state index in [0.29, 0.717) is 18.3 Å². The molecule has 1 fully saturated rings. The average molecular weight is 289 g/mol. The number of piperidine rings is 1. The zero-order valence-electron chi connectivity index (χ0n) is 12.0. The van der Waals surface area contributed by atoms with Gasteiger partial charge in [0.15, 0.2) is 5.69 Å². The zero-order valence-corrected chi connectivity index (χ0v) is 12.0. The molecular formula is C13H19N7O. The van der Waals surface area contributed by atoms with Gasteiger partial charge in [-0.1, -0.05) is 5.21 Å². The van der Waals surface area contributed by atoms with Crippen molar-refractivity contribution in [3.63, 3.8) is 0 Å². The largest absolute Gasteiger partial charge is 0.345 e. The van der Waals surface area contributed by atoms with Crippen LogP contribution in [-0.4, -0.2) is 43.8 Å². The van der Waals surface area contributed by atoms with E-state index in [1.54, 1.807) is 15.6 Å². The highest BCUT2D eigenvalue weighted by molar-refractivity contribution is 5.91. The van der Waals surface area contributed by atoms with E-state index >= 15 is 0 Å². The molecular weight excluding hydrogens is 270 g/mol. The summed E-state index contributed by atoms with van der Waals surface area (Å²) in [6.45, 7) is 2.34. The maximum Gasteiger partial charge on any atom is 0.273 e. The highest BCUT2D eigenvalue weighted by Crippen LogP contribution is 2.16. The Kier molecular flexibility index (Phi) is 3.96. The monoisotopic (exact) mass is 289 g/mol. The Bertz CT molecular complexity index is 612. The molecule has 0 spiro atoms. The summed E-state index contributed by atoms with van der Waals surface area (Å²) in [5.41, 5.74) is 1.17. The first kappa shape index (κ1) is 13.7. The molecule has 1 aliphatic rings. The second-order valence-electron chi connectivity index (χ2n) is 5.23. The summed E-state index contributed by atoms with van der Waals surface area (Å²) in [6.07, 6.45) is 5.59. The fourth-order valence-corrected chi connectivity index (χ4v) is 2.45. The number of rotatable bonds is 4. The van der Waals surface area contributed by atoms with Gasteiger partial charge in [-0.2, -0.15) is 5.10 Å². The Morgan fingerprint density at radius 2 is 2.29 bits per heavy atom. The number of amides is 1. The van der Waals surface area contributed by atoms with Crippen molar-refractivity contribution in [1.29, 1.82) is 0 Å². The molecule has 1 aliphatic heterocycles. The summed E-state index contributed by atoms with van der Waals surface area (Å²) < 4.78 is 3.51. The van der Waals surface area contributed by atoms with Crippen molar-refractivity contribution in [3.8, 4) is 0 Å². The number of hydrogen-bond acceptors (Lipinski definition) is 5. The molecule has 2 N–H and O–H groups in total. The van der Waals surface area contributed by atoms with Gasteiger partial charge in [-0.3, -0.25) is 9.48 Å². The number of nitrogens with zero attached hydrogens (tertiary/aromatic N) is 5. The van der Waals surface area contributed by atoms with Gasteiger partial charge in [0.25, 0.3) is 5.91 Å². The minimum atomic E-state index is -0.221. The SMILES string of the molecule is Cn1ccc(CNC(=O)c2cn(C3CCNCC3)nn2)n1. The molecule has 0 aromatic carbocycles. The third-order valence-electron chi connectivity index (χ3n) is 3.62. The lowest BCUT2D eigenvalue weighted by atomic mass is 10.1. The number of nitrogens with one attached hydrogen (secondary N) is 2. The summed E-state index contributed by atoms with van der Waals surface area (Å²) >= 11 is 0. The molecule has 0 aliphatic carbocycles. The summed E-state index contributed by atoms with van der Waals surface area (Å²) in [4.78, 5) is 12.0. The Hall–Kier alpha value is -2.22. The van der Waals surface area contributed by atoms with E-state index in [4.69, 9.17) is 0 Å². The molecule has 2 aromatic heterocycles. The Morgan fingerprint density at radius 1 is 1.48 bits per heavy atom. The molecule has 1 amide bonds. The van der Waals surface area contributed by atoms with Crippen molar-refractivity contribution in [3.05, 3.63) is 29.8 Å². The van der Waals surface area contributed by atoms with Crippen LogP contribution in [0.25, 0.3) is 0 Å². The topological polar surface area (TPSA) is 89.7 Å². The van der Waals surface area contributed by atoms with Gasteiger partial charge in [0.1, 0.15) is 0 Å². The Morgan fingerprint density at radius 3 is 3.00 bits per heavy atom. The van der Waals surface area contributed by atoms with Crippen LogP contribution in [0.2, 0.25) is 0 Å². The van der Waals surface area contributed by atoms with Gasteiger partial charge in [-0.05, 0) is 32.0 Å². The lowest BCUT2D eigenvalue weighted by Gasteiger charge is -2.22. The quantitative estimate of drug-likeness (QED) is 0.818. The smallest absolute Gasteiger partial charge is 0.273 e. The lowest BCUT2D eigenvalue weighted by Crippen LogP contribution is -2.29. The average Bonchev–Trinajstić information content (AvgIpc) is 3.15. The van der Waals surface area contributed by atoms with Crippen LogP contribution in [0.3, 0.4) is 0 Å². The predicted octanol–water partition coefficient (Wildman–Crippen LogP) is -0.134. The van der Waals surface area contributed by atoms with Gasteiger partial charge in [-0.15, -0.1) is 5.10 Å². The first-order valence-electron chi connectivity index (χ1n) is 7.11. The minimum Gasteiger partial charge on any atom is -0.345 e. The van der Waals surface area contributed by atoms with Crippen LogP contribution >= 0.6 is 0 Å². The number of hydrogen-bond donors (Lipinski definition) is 2. The number of carbonyl (C=O) groups excluding carboxylic acids is 1. The molecule has 112 valence electrons. The zero-order chi connectivity index (χ0) is 14.7. The Labute approximate surface area is 122 Å². The summed E-state index contributed by atoms with van der Waals surface area (Å²) in [5.74, 6) is -0.221. The highest BCUT2D eigenvalue weighted by atomic mass is 16.2. The van der Waals surface area contributed by atoms with Crippen molar-refractivity contribution in [2.75, 3.05) is 13.1 Å². The summed E-state index contributed by atoms with van der Waals surface area (Å²) in [7, 11) is 1.84. The number of carbonyl (C=O) groups is 1. The van der Waals surface area contributed by atoms with Gasteiger partial charge < -0.3 is 10.6 Å². The fourth-order valence-electron chi connectivity index (χ4n) is 2.45. The maximum absolute atomic E-state index is 12.0. The molecule has 2 aromatic rings. The number of aryl methyl sites for hydroxylation is 1. The molecule has 3 heterocycles. The maximum atomic E-state index is 12.0. The molecule has 8 nitrogen and oxygen atoms in total. The molecule has 1 saturated heterocycles. The molecule has 21 heavy (non-hydrogen) atoms. The molecule has 3 rings (SSSR count). The van der Waals surface area contributed by atoms with E-state index in [0.717, 1.165) is 31.6 Å². The second kappa shape index (κ2) is 6.04. The molecule has 0 atom stereocenters. The van der Waals surface area contributed by atoms with Gasteiger partial charge >= 0.3 is 0 Å². The van der Waals surface area contributed by atoms with E-state index in [9.17, 15) is 4.79 Å². The van der Waals surface area contributed by atoms with Crippen LogP contribution in [0.4, 0.5) is 0 Å². The van der Waals surface area contributed by atoms with E-state index in [-0.39, 0.29) is 5.91 Å². The molecule has 0 unspecified atom stereocenters. The molecule has 0 bridgehead atoms. The van der Waals surface area contributed by atoms with Crippen molar-refractivity contribution in [2.24, 2.45) is 7.05 Å². The van der Waals surface area contributed by atoms with Gasteiger partial charge in [0.2, 0.25) is 0 Å². The third kappa shape index (κ3) is 3.27. The van der Waals surface area contributed by atoms with Crippen LogP contribution in [0.1, 0.15) is 35.1 Å². The lowest BCUT2D eigenvalue weighted by molar-refractivity contribution is 0.0945. The van der Waals surface area contributed by atoms with Crippen molar-refractivity contribution in [1.82, 2.24) is 35.4 Å². The minimum absolute atomic E-state index is 0.221.